The van der Waals surface area contributed by atoms with Crippen molar-refractivity contribution in [2.75, 3.05) is 13.2 Å². The van der Waals surface area contributed by atoms with Crippen molar-refractivity contribution in [2.45, 2.75) is 46.0 Å². The maximum absolute atomic E-state index is 12.0. The number of amides is 1. The minimum atomic E-state index is -0.457. The van der Waals surface area contributed by atoms with Gasteiger partial charge in [-0.15, -0.1) is 0 Å². The number of esters is 1. The van der Waals surface area contributed by atoms with Gasteiger partial charge in [0.1, 0.15) is 0 Å². The van der Waals surface area contributed by atoms with Gasteiger partial charge in [-0.3, -0.25) is 4.79 Å². The number of allylic oxidation sites excluding steroid dienone is 1. The summed E-state index contributed by atoms with van der Waals surface area (Å²) in [6.07, 6.45) is 7.96. The first-order chi connectivity index (χ1) is 11.0. The molecular weight excluding hydrogens is 290 g/mol. The molecule has 0 unspecified atom stereocenters. The summed E-state index contributed by atoms with van der Waals surface area (Å²) in [5, 5.41) is 2.80. The van der Waals surface area contributed by atoms with E-state index < -0.39 is 5.97 Å². The summed E-state index contributed by atoms with van der Waals surface area (Å²) >= 11 is 0. The smallest absolute Gasteiger partial charge is 0.338 e. The van der Waals surface area contributed by atoms with Crippen molar-refractivity contribution in [1.29, 1.82) is 0 Å². The minimum absolute atomic E-state index is 0.231. The van der Waals surface area contributed by atoms with Gasteiger partial charge in [0.15, 0.2) is 6.61 Å². The predicted molar refractivity (Wildman–Crippen MR) is 90.4 cm³/mol. The first kappa shape index (κ1) is 17.3. The lowest BCUT2D eigenvalue weighted by atomic mass is 9.97. The van der Waals surface area contributed by atoms with E-state index in [0.29, 0.717) is 12.1 Å². The molecule has 0 atom stereocenters. The molecule has 0 heterocycles. The van der Waals surface area contributed by atoms with Crippen LogP contribution in [0.3, 0.4) is 0 Å². The standard InChI is InChI=1S/C19H25NO3/c1-14-10-15(2)12-17(11-14)19(22)23-13-18(21)20-9-8-16-6-4-3-5-7-16/h6,10-12H,3-5,7-9,13H2,1-2H3,(H,20,21). The van der Waals surface area contributed by atoms with Crippen molar-refractivity contribution in [3.8, 4) is 0 Å². The number of benzene rings is 1. The molecule has 1 aliphatic rings. The Morgan fingerprint density at radius 1 is 1.13 bits per heavy atom. The number of hydrogen-bond acceptors (Lipinski definition) is 3. The molecular formula is C19H25NO3. The van der Waals surface area contributed by atoms with Crippen LogP contribution in [0.15, 0.2) is 29.8 Å². The van der Waals surface area contributed by atoms with Gasteiger partial charge in [0.2, 0.25) is 0 Å². The average Bonchev–Trinajstić information content (AvgIpc) is 2.52. The molecule has 23 heavy (non-hydrogen) atoms. The van der Waals surface area contributed by atoms with Crippen molar-refractivity contribution < 1.29 is 14.3 Å². The molecule has 1 amide bonds. The SMILES string of the molecule is Cc1cc(C)cc(C(=O)OCC(=O)NCCC2=CCCCC2)c1. The minimum Gasteiger partial charge on any atom is -0.452 e. The molecule has 0 aliphatic heterocycles. The molecule has 0 bridgehead atoms. The Kier molecular flexibility index (Phi) is 6.39. The van der Waals surface area contributed by atoms with Crippen LogP contribution in [-0.2, 0) is 9.53 Å². The second-order valence-electron chi connectivity index (χ2n) is 6.16. The zero-order valence-corrected chi connectivity index (χ0v) is 14.0. The zero-order valence-electron chi connectivity index (χ0n) is 14.0. The van der Waals surface area contributed by atoms with Gasteiger partial charge >= 0.3 is 5.97 Å². The lowest BCUT2D eigenvalue weighted by molar-refractivity contribution is -0.124. The molecule has 0 aromatic heterocycles. The maximum atomic E-state index is 12.0. The van der Waals surface area contributed by atoms with E-state index in [1.54, 1.807) is 12.1 Å². The van der Waals surface area contributed by atoms with E-state index in [-0.39, 0.29) is 12.5 Å². The van der Waals surface area contributed by atoms with Crippen LogP contribution < -0.4 is 5.32 Å². The number of nitrogens with one attached hydrogen (secondary N) is 1. The molecule has 1 N–H and O–H groups in total. The van der Waals surface area contributed by atoms with Gasteiger partial charge in [-0.05, 0) is 58.1 Å². The highest BCUT2D eigenvalue weighted by Gasteiger charge is 2.11. The fraction of sp³-hybridized carbons (Fsp3) is 0.474. The Labute approximate surface area is 137 Å². The van der Waals surface area contributed by atoms with Crippen LogP contribution in [0, 0.1) is 13.8 Å². The Bertz CT molecular complexity index is 584. The molecule has 4 heteroatoms. The second kappa shape index (κ2) is 8.51. The van der Waals surface area contributed by atoms with E-state index in [9.17, 15) is 9.59 Å². The molecule has 124 valence electrons. The number of carbonyl (C=O) groups excluding carboxylic acids is 2. The Morgan fingerprint density at radius 3 is 2.52 bits per heavy atom. The van der Waals surface area contributed by atoms with Crippen LogP contribution in [0.4, 0.5) is 0 Å². The van der Waals surface area contributed by atoms with Gasteiger partial charge < -0.3 is 10.1 Å². The zero-order chi connectivity index (χ0) is 16.7. The van der Waals surface area contributed by atoms with Crippen LogP contribution >= 0.6 is 0 Å². The normalized spacial score (nSPS) is 14.1. The van der Waals surface area contributed by atoms with Crippen molar-refractivity contribution in [2.24, 2.45) is 0 Å². The summed E-state index contributed by atoms with van der Waals surface area (Å²) in [6, 6.07) is 5.52. The third-order valence-corrected chi connectivity index (χ3v) is 3.95. The van der Waals surface area contributed by atoms with E-state index in [1.165, 1.54) is 18.4 Å². The summed E-state index contributed by atoms with van der Waals surface area (Å²) < 4.78 is 5.08. The van der Waals surface area contributed by atoms with Gasteiger partial charge in [0.25, 0.3) is 5.91 Å². The van der Waals surface area contributed by atoms with E-state index in [1.807, 2.05) is 19.9 Å². The molecule has 4 nitrogen and oxygen atoms in total. The average molecular weight is 315 g/mol. The quantitative estimate of drug-likeness (QED) is 0.646. The molecule has 1 aliphatic carbocycles. The molecule has 0 saturated carbocycles. The summed E-state index contributed by atoms with van der Waals surface area (Å²) in [7, 11) is 0. The molecule has 1 aromatic carbocycles. The molecule has 0 spiro atoms. The lowest BCUT2D eigenvalue weighted by Crippen LogP contribution is -2.29. The highest BCUT2D eigenvalue weighted by atomic mass is 16.5. The summed E-state index contributed by atoms with van der Waals surface area (Å²) in [5.74, 6) is -0.707. The van der Waals surface area contributed by atoms with Crippen molar-refractivity contribution in [3.05, 3.63) is 46.5 Å². The van der Waals surface area contributed by atoms with Crippen LogP contribution in [0.2, 0.25) is 0 Å². The van der Waals surface area contributed by atoms with Gasteiger partial charge in [-0.25, -0.2) is 4.79 Å². The number of aryl methyl sites for hydroxylation is 2. The van der Waals surface area contributed by atoms with Gasteiger partial charge in [-0.1, -0.05) is 28.8 Å². The lowest BCUT2D eigenvalue weighted by Gasteiger charge is -2.13. The van der Waals surface area contributed by atoms with Gasteiger partial charge in [0, 0.05) is 6.54 Å². The van der Waals surface area contributed by atoms with E-state index >= 15 is 0 Å². The number of hydrogen-bond donors (Lipinski definition) is 1. The monoisotopic (exact) mass is 315 g/mol. The van der Waals surface area contributed by atoms with Crippen LogP contribution in [-0.4, -0.2) is 25.0 Å². The highest BCUT2D eigenvalue weighted by molar-refractivity contribution is 5.91. The molecule has 2 rings (SSSR count). The Hall–Kier alpha value is -2.10. The summed E-state index contributed by atoms with van der Waals surface area (Å²) in [4.78, 5) is 23.7. The molecule has 0 saturated heterocycles. The predicted octanol–water partition coefficient (Wildman–Crippen LogP) is 3.47. The third kappa shape index (κ3) is 5.89. The third-order valence-electron chi connectivity index (χ3n) is 3.95. The topological polar surface area (TPSA) is 55.4 Å². The van der Waals surface area contributed by atoms with Crippen LogP contribution in [0.25, 0.3) is 0 Å². The van der Waals surface area contributed by atoms with Gasteiger partial charge in [-0.2, -0.15) is 0 Å². The molecule has 1 aromatic rings. The number of ether oxygens (including phenoxy) is 1. The van der Waals surface area contributed by atoms with Crippen molar-refractivity contribution >= 4 is 11.9 Å². The largest absolute Gasteiger partial charge is 0.452 e. The van der Waals surface area contributed by atoms with Crippen LogP contribution in [0.5, 0.6) is 0 Å². The fourth-order valence-corrected chi connectivity index (χ4v) is 2.85. The second-order valence-corrected chi connectivity index (χ2v) is 6.16. The van der Waals surface area contributed by atoms with Crippen LogP contribution in [0.1, 0.15) is 53.6 Å². The number of carbonyl (C=O) groups is 2. The highest BCUT2D eigenvalue weighted by Crippen LogP contribution is 2.19. The maximum Gasteiger partial charge on any atom is 0.338 e. The van der Waals surface area contributed by atoms with E-state index in [2.05, 4.69) is 11.4 Å². The summed E-state index contributed by atoms with van der Waals surface area (Å²) in [5.41, 5.74) is 3.91. The van der Waals surface area contributed by atoms with E-state index in [0.717, 1.165) is 30.4 Å². The molecule has 0 fully saturated rings. The Morgan fingerprint density at radius 2 is 1.87 bits per heavy atom. The number of rotatable bonds is 6. The van der Waals surface area contributed by atoms with Crippen molar-refractivity contribution in [1.82, 2.24) is 5.32 Å². The summed E-state index contributed by atoms with van der Waals surface area (Å²) in [6.45, 7) is 4.23. The van der Waals surface area contributed by atoms with E-state index in [4.69, 9.17) is 4.74 Å². The Balaban J connectivity index is 1.71. The van der Waals surface area contributed by atoms with Gasteiger partial charge in [0.05, 0.1) is 5.56 Å². The molecule has 0 radical (unpaired) electrons. The first-order valence-corrected chi connectivity index (χ1v) is 8.24. The first-order valence-electron chi connectivity index (χ1n) is 8.24. The van der Waals surface area contributed by atoms with Crippen molar-refractivity contribution in [3.63, 3.8) is 0 Å². The fourth-order valence-electron chi connectivity index (χ4n) is 2.85.